The number of carboxylic acid groups (broad SMARTS) is 4. The molecule has 13 nitrogen and oxygen atoms in total. The van der Waals surface area contributed by atoms with Gasteiger partial charge in [0.15, 0.2) is 0 Å². The molecule has 2 fully saturated rings. The van der Waals surface area contributed by atoms with Crippen LogP contribution in [0.4, 0.5) is 52.7 Å². The maximum absolute atomic E-state index is 10.6. The van der Waals surface area contributed by atoms with E-state index in [1.807, 2.05) is 6.07 Å². The van der Waals surface area contributed by atoms with Crippen molar-refractivity contribution < 1.29 is 97.0 Å². The quantitative estimate of drug-likeness (QED) is 0.308. The normalized spacial score (nSPS) is 17.7. The number of methoxy groups -OCH3 is 1. The number of halogens is 12. The highest BCUT2D eigenvalue weighted by molar-refractivity contribution is 5.74. The molecular formula is C25H32F12N4O9. The lowest BCUT2D eigenvalue weighted by atomic mass is 10.1. The fourth-order valence-electron chi connectivity index (χ4n) is 3.91. The molecule has 4 N–H and O–H groups in total. The molecule has 50 heavy (non-hydrogen) atoms. The number of aromatic nitrogens is 1. The van der Waals surface area contributed by atoms with Crippen molar-refractivity contribution in [1.29, 1.82) is 0 Å². The molecule has 0 bridgehead atoms. The summed E-state index contributed by atoms with van der Waals surface area (Å²) in [6.45, 7) is 5.73. The molecule has 0 saturated carbocycles. The minimum Gasteiger partial charge on any atom is -0.481 e. The Morgan fingerprint density at radius 1 is 0.740 bits per heavy atom. The van der Waals surface area contributed by atoms with Gasteiger partial charge in [0, 0.05) is 56.6 Å². The average molecular weight is 761 g/mol. The van der Waals surface area contributed by atoms with Crippen LogP contribution in [0, 0.1) is 0 Å². The summed E-state index contributed by atoms with van der Waals surface area (Å²) in [6.07, 6.45) is -15.9. The maximum atomic E-state index is 10.6. The van der Waals surface area contributed by atoms with E-state index in [2.05, 4.69) is 39.8 Å². The molecule has 0 aromatic carbocycles. The lowest BCUT2D eigenvalue weighted by molar-refractivity contribution is -0.193. The van der Waals surface area contributed by atoms with Crippen LogP contribution in [-0.4, -0.2) is 148 Å². The molecule has 0 radical (unpaired) electrons. The van der Waals surface area contributed by atoms with E-state index < -0.39 is 48.6 Å². The van der Waals surface area contributed by atoms with Gasteiger partial charge >= 0.3 is 48.6 Å². The molecule has 290 valence electrons. The van der Waals surface area contributed by atoms with Crippen molar-refractivity contribution in [3.63, 3.8) is 0 Å². The second-order valence-corrected chi connectivity index (χ2v) is 9.91. The smallest absolute Gasteiger partial charge is 0.481 e. The number of fused-ring (bicyclic) bond motifs is 1. The number of likely N-dealkylation sites (tertiary alicyclic amines) is 2. The lowest BCUT2D eigenvalue weighted by Crippen LogP contribution is -2.39. The van der Waals surface area contributed by atoms with Crippen molar-refractivity contribution in [2.24, 2.45) is 0 Å². The minimum absolute atomic E-state index is 0.701. The number of ether oxygens (including phenoxy) is 1. The average Bonchev–Trinajstić information content (AvgIpc) is 3.54. The number of aliphatic carboxylic acids is 4. The molecule has 0 aliphatic carbocycles. The molecular weight excluding hydrogens is 728 g/mol. The molecule has 0 spiro atoms. The van der Waals surface area contributed by atoms with Gasteiger partial charge in [-0.25, -0.2) is 24.2 Å². The number of alkyl halides is 12. The fourth-order valence-corrected chi connectivity index (χ4v) is 3.91. The van der Waals surface area contributed by atoms with E-state index in [0.29, 0.717) is 6.04 Å². The number of carboxylic acids is 4. The molecule has 1 aromatic rings. The lowest BCUT2D eigenvalue weighted by Gasteiger charge is -2.26. The molecule has 1 aromatic heterocycles. The van der Waals surface area contributed by atoms with Crippen LogP contribution in [-0.2, 0) is 25.7 Å². The first kappa shape index (κ1) is 48.0. The minimum atomic E-state index is -5.08. The highest BCUT2D eigenvalue weighted by atomic mass is 19.4. The molecule has 3 rings (SSSR count). The third kappa shape index (κ3) is 19.8. The molecule has 2 aliphatic rings. The highest BCUT2D eigenvalue weighted by Gasteiger charge is 2.42. The summed E-state index contributed by atoms with van der Waals surface area (Å²) in [4.78, 5) is 47.5. The van der Waals surface area contributed by atoms with Crippen molar-refractivity contribution in [1.82, 2.24) is 19.7 Å². The Bertz CT molecular complexity index is 1130. The topological polar surface area (TPSA) is 181 Å². The number of likely N-dealkylation sites (N-methyl/N-ethyl adjacent to an activating group) is 1. The number of hydrogen-bond donors (Lipinski definition) is 4. The first-order valence-electron chi connectivity index (χ1n) is 13.3. The Labute approximate surface area is 274 Å². The van der Waals surface area contributed by atoms with Crippen LogP contribution >= 0.6 is 0 Å². The number of hydrogen-bond acceptors (Lipinski definition) is 9. The predicted molar refractivity (Wildman–Crippen MR) is 143 cm³/mol. The Balaban J connectivity index is 0. The standard InChI is InChI=1S/C17H28N4O.4C2HF3O2/c1-19(2)11-12-20-9-6-16-15(20)7-10-21(16)13-14-5-4-8-18-17(14)22-3;4*3-2(4,5)1(6)7/h4-5,8,15-16H,6-7,9-13H2,1-3H3;4*(H,6,7)/t15-,16+;;;;/m0..../s1. The van der Waals surface area contributed by atoms with Crippen LogP contribution < -0.4 is 4.74 Å². The Morgan fingerprint density at radius 3 is 1.40 bits per heavy atom. The number of rotatable bonds is 6. The van der Waals surface area contributed by atoms with Gasteiger partial charge in [0.1, 0.15) is 0 Å². The van der Waals surface area contributed by atoms with E-state index in [4.69, 9.17) is 44.3 Å². The van der Waals surface area contributed by atoms with Crippen molar-refractivity contribution in [2.75, 3.05) is 47.4 Å². The zero-order valence-corrected chi connectivity index (χ0v) is 26.0. The molecule has 0 amide bonds. The van der Waals surface area contributed by atoms with Gasteiger partial charge in [-0.05, 0) is 33.0 Å². The second-order valence-electron chi connectivity index (χ2n) is 9.91. The molecule has 0 unspecified atom stereocenters. The molecule has 2 aliphatic heterocycles. The summed E-state index contributed by atoms with van der Waals surface area (Å²) in [7, 11) is 6.02. The van der Waals surface area contributed by atoms with E-state index in [1.165, 1.54) is 38.0 Å². The first-order chi connectivity index (χ1) is 22.5. The zero-order valence-electron chi connectivity index (χ0n) is 26.0. The summed E-state index contributed by atoms with van der Waals surface area (Å²) in [5, 5.41) is 28.5. The Kier molecular flexibility index (Phi) is 19.7. The first-order valence-corrected chi connectivity index (χ1v) is 13.3. The van der Waals surface area contributed by atoms with Gasteiger partial charge in [-0.3, -0.25) is 9.80 Å². The number of nitrogens with zero attached hydrogens (tertiary/aromatic N) is 4. The highest BCUT2D eigenvalue weighted by Crippen LogP contribution is 2.33. The molecule has 3 heterocycles. The van der Waals surface area contributed by atoms with Gasteiger partial charge < -0.3 is 30.1 Å². The van der Waals surface area contributed by atoms with E-state index in [1.54, 1.807) is 13.3 Å². The predicted octanol–water partition coefficient (Wildman–Crippen LogP) is 3.83. The summed E-state index contributed by atoms with van der Waals surface area (Å²) in [5.74, 6) is -10.3. The molecule has 2 saturated heterocycles. The van der Waals surface area contributed by atoms with Gasteiger partial charge in [0.2, 0.25) is 5.88 Å². The SMILES string of the molecule is COc1ncccc1CN1CC[C@H]2[C@H]1CCN2CCN(C)C.O=C(O)C(F)(F)F.O=C(O)C(F)(F)F.O=C(O)C(F)(F)F.O=C(O)C(F)(F)F. The maximum Gasteiger partial charge on any atom is 0.490 e. The van der Waals surface area contributed by atoms with Gasteiger partial charge in [0.05, 0.1) is 7.11 Å². The van der Waals surface area contributed by atoms with Crippen molar-refractivity contribution in [3.8, 4) is 5.88 Å². The fraction of sp³-hybridized carbons (Fsp3) is 0.640. The third-order valence-corrected chi connectivity index (χ3v) is 6.03. The number of pyridine rings is 1. The van der Waals surface area contributed by atoms with Crippen molar-refractivity contribution in [2.45, 2.75) is 56.2 Å². The van der Waals surface area contributed by atoms with Gasteiger partial charge in [0.25, 0.3) is 0 Å². The zero-order chi connectivity index (χ0) is 39.8. The summed E-state index contributed by atoms with van der Waals surface area (Å²) in [5.41, 5.74) is 1.21. The Morgan fingerprint density at radius 2 is 1.08 bits per heavy atom. The second kappa shape index (κ2) is 20.5. The van der Waals surface area contributed by atoms with E-state index in [0.717, 1.165) is 25.0 Å². The van der Waals surface area contributed by atoms with Gasteiger partial charge in [-0.1, -0.05) is 6.07 Å². The van der Waals surface area contributed by atoms with Crippen LogP contribution in [0.1, 0.15) is 18.4 Å². The van der Waals surface area contributed by atoms with Gasteiger partial charge in [-0.2, -0.15) is 52.7 Å². The molecule has 25 heteroatoms. The van der Waals surface area contributed by atoms with Crippen LogP contribution in [0.5, 0.6) is 5.88 Å². The van der Waals surface area contributed by atoms with Crippen LogP contribution in [0.3, 0.4) is 0 Å². The van der Waals surface area contributed by atoms with E-state index in [-0.39, 0.29) is 0 Å². The van der Waals surface area contributed by atoms with Crippen LogP contribution in [0.2, 0.25) is 0 Å². The third-order valence-electron chi connectivity index (χ3n) is 6.03. The van der Waals surface area contributed by atoms with Crippen molar-refractivity contribution in [3.05, 3.63) is 23.9 Å². The number of carbonyl (C=O) groups is 4. The molecule has 2 atom stereocenters. The van der Waals surface area contributed by atoms with E-state index in [9.17, 15) is 52.7 Å². The monoisotopic (exact) mass is 760 g/mol. The Hall–Kier alpha value is -4.13. The van der Waals surface area contributed by atoms with Crippen molar-refractivity contribution >= 4 is 23.9 Å². The summed E-state index contributed by atoms with van der Waals surface area (Å²) < 4.78 is 132. The summed E-state index contributed by atoms with van der Waals surface area (Å²) >= 11 is 0. The largest absolute Gasteiger partial charge is 0.490 e. The summed E-state index contributed by atoms with van der Waals surface area (Å²) in [6, 6.07) is 5.58. The van der Waals surface area contributed by atoms with Crippen LogP contribution in [0.25, 0.3) is 0 Å². The van der Waals surface area contributed by atoms with Crippen LogP contribution in [0.15, 0.2) is 18.3 Å². The van der Waals surface area contributed by atoms with E-state index >= 15 is 0 Å². The van der Waals surface area contributed by atoms with Gasteiger partial charge in [-0.15, -0.1) is 0 Å².